The van der Waals surface area contributed by atoms with Crippen molar-refractivity contribution in [2.24, 2.45) is 11.8 Å². The lowest BCUT2D eigenvalue weighted by Gasteiger charge is -2.31. The van der Waals surface area contributed by atoms with Gasteiger partial charge in [-0.05, 0) is 43.4 Å². The fraction of sp³-hybridized carbons (Fsp3) is 0.556. The van der Waals surface area contributed by atoms with Gasteiger partial charge in [-0.2, -0.15) is 0 Å². The van der Waals surface area contributed by atoms with Gasteiger partial charge < -0.3 is 15.2 Å². The van der Waals surface area contributed by atoms with Crippen molar-refractivity contribution in [3.8, 4) is 5.75 Å². The maximum absolute atomic E-state index is 11.9. The van der Waals surface area contributed by atoms with Crippen LogP contribution in [0.5, 0.6) is 5.75 Å². The number of ether oxygens (including phenoxy) is 1. The van der Waals surface area contributed by atoms with Crippen LogP contribution in [0.1, 0.15) is 38.2 Å². The van der Waals surface area contributed by atoms with Crippen LogP contribution in [0, 0.1) is 11.8 Å². The molecule has 1 aromatic carbocycles. The molecule has 1 aliphatic rings. The molecule has 1 fully saturated rings. The van der Waals surface area contributed by atoms with Gasteiger partial charge in [-0.3, -0.25) is 9.59 Å². The summed E-state index contributed by atoms with van der Waals surface area (Å²) >= 11 is 0. The first-order valence-corrected chi connectivity index (χ1v) is 8.34. The van der Waals surface area contributed by atoms with E-state index in [-0.39, 0.29) is 11.8 Å². The lowest BCUT2D eigenvalue weighted by molar-refractivity contribution is -0.152. The second kappa shape index (κ2) is 8.56. The number of hydrogen-bond acceptors (Lipinski definition) is 3. The Kier molecular flexibility index (Phi) is 6.44. The van der Waals surface area contributed by atoms with Crippen LogP contribution in [0.15, 0.2) is 24.3 Å². The first kappa shape index (κ1) is 17.3. The van der Waals surface area contributed by atoms with Crippen molar-refractivity contribution in [2.45, 2.75) is 39.0 Å². The van der Waals surface area contributed by atoms with Crippen LogP contribution in [0.25, 0.3) is 0 Å². The van der Waals surface area contributed by atoms with E-state index < -0.39 is 11.9 Å². The van der Waals surface area contributed by atoms with E-state index in [1.54, 1.807) is 0 Å². The normalized spacial score (nSPS) is 19.7. The maximum atomic E-state index is 11.9. The summed E-state index contributed by atoms with van der Waals surface area (Å²) in [6.45, 7) is 3.39. The standard InChI is InChI=1S/C18H25NO4/c1-2-3-12-23-14-6-4-13(5-7-14)10-11-19-17(20)15-8-9-16(15)18(21)22/h4-7,15-16H,2-3,8-12H2,1H3,(H,19,20)(H,21,22). The third-order valence-electron chi connectivity index (χ3n) is 4.33. The molecule has 0 saturated heterocycles. The molecule has 0 radical (unpaired) electrons. The zero-order valence-electron chi connectivity index (χ0n) is 13.6. The Morgan fingerprint density at radius 1 is 1.22 bits per heavy atom. The third kappa shape index (κ3) is 4.98. The van der Waals surface area contributed by atoms with Crippen LogP contribution in [0.4, 0.5) is 0 Å². The monoisotopic (exact) mass is 319 g/mol. The Morgan fingerprint density at radius 3 is 2.48 bits per heavy atom. The lowest BCUT2D eigenvalue weighted by Crippen LogP contribution is -2.44. The fourth-order valence-corrected chi connectivity index (χ4v) is 2.66. The van der Waals surface area contributed by atoms with Crippen molar-refractivity contribution in [1.82, 2.24) is 5.32 Å². The quantitative estimate of drug-likeness (QED) is 0.686. The molecule has 2 N–H and O–H groups in total. The number of benzene rings is 1. The Balaban J connectivity index is 1.69. The molecule has 1 amide bonds. The summed E-state index contributed by atoms with van der Waals surface area (Å²) in [5, 5.41) is 11.8. The molecule has 1 aliphatic carbocycles. The first-order valence-electron chi connectivity index (χ1n) is 8.34. The van der Waals surface area contributed by atoms with E-state index in [0.717, 1.165) is 37.2 Å². The molecule has 2 rings (SSSR count). The molecule has 5 nitrogen and oxygen atoms in total. The van der Waals surface area contributed by atoms with Gasteiger partial charge in [-0.1, -0.05) is 25.5 Å². The zero-order chi connectivity index (χ0) is 16.7. The number of unbranched alkanes of at least 4 members (excludes halogenated alkanes) is 1. The number of carboxylic acids is 1. The SMILES string of the molecule is CCCCOc1ccc(CCNC(=O)C2CCC2C(=O)O)cc1. The van der Waals surface area contributed by atoms with Crippen molar-refractivity contribution in [3.05, 3.63) is 29.8 Å². The highest BCUT2D eigenvalue weighted by molar-refractivity contribution is 5.86. The summed E-state index contributed by atoms with van der Waals surface area (Å²) in [5.41, 5.74) is 1.12. The number of carboxylic acid groups (broad SMARTS) is 1. The molecule has 0 aliphatic heterocycles. The van der Waals surface area contributed by atoms with Crippen molar-refractivity contribution in [1.29, 1.82) is 0 Å². The van der Waals surface area contributed by atoms with Gasteiger partial charge in [0, 0.05) is 6.54 Å². The summed E-state index contributed by atoms with van der Waals surface area (Å²) in [7, 11) is 0. The van der Waals surface area contributed by atoms with Crippen molar-refractivity contribution in [3.63, 3.8) is 0 Å². The van der Waals surface area contributed by atoms with E-state index in [1.807, 2.05) is 24.3 Å². The molecule has 23 heavy (non-hydrogen) atoms. The van der Waals surface area contributed by atoms with Gasteiger partial charge in [0.25, 0.3) is 0 Å². The van der Waals surface area contributed by atoms with Gasteiger partial charge in [-0.15, -0.1) is 0 Å². The van der Waals surface area contributed by atoms with Crippen LogP contribution in [-0.4, -0.2) is 30.1 Å². The molecule has 2 unspecified atom stereocenters. The molecule has 0 spiro atoms. The second-order valence-corrected chi connectivity index (χ2v) is 6.02. The van der Waals surface area contributed by atoms with Gasteiger partial charge in [0.15, 0.2) is 0 Å². The molecule has 5 heteroatoms. The van der Waals surface area contributed by atoms with Gasteiger partial charge in [-0.25, -0.2) is 0 Å². The Labute approximate surface area is 137 Å². The minimum Gasteiger partial charge on any atom is -0.494 e. The number of carbonyl (C=O) groups is 2. The smallest absolute Gasteiger partial charge is 0.307 e. The van der Waals surface area contributed by atoms with Gasteiger partial charge in [0.1, 0.15) is 5.75 Å². The largest absolute Gasteiger partial charge is 0.494 e. The van der Waals surface area contributed by atoms with E-state index in [2.05, 4.69) is 12.2 Å². The predicted molar refractivity (Wildman–Crippen MR) is 87.4 cm³/mol. The number of hydrogen-bond donors (Lipinski definition) is 2. The predicted octanol–water partition coefficient (Wildman–Crippen LogP) is 2.63. The zero-order valence-corrected chi connectivity index (χ0v) is 13.6. The van der Waals surface area contributed by atoms with Gasteiger partial charge >= 0.3 is 5.97 Å². The van der Waals surface area contributed by atoms with E-state index in [4.69, 9.17) is 9.84 Å². The highest BCUT2D eigenvalue weighted by Crippen LogP contribution is 2.34. The maximum Gasteiger partial charge on any atom is 0.307 e. The number of nitrogens with one attached hydrogen (secondary N) is 1. The summed E-state index contributed by atoms with van der Waals surface area (Å²) in [6.07, 6.45) is 4.17. The lowest BCUT2D eigenvalue weighted by atomic mass is 9.73. The van der Waals surface area contributed by atoms with Crippen LogP contribution < -0.4 is 10.1 Å². The molecular formula is C18H25NO4. The van der Waals surface area contributed by atoms with E-state index in [1.165, 1.54) is 0 Å². The molecule has 0 heterocycles. The Hall–Kier alpha value is -2.04. The van der Waals surface area contributed by atoms with Crippen molar-refractivity contribution < 1.29 is 19.4 Å². The van der Waals surface area contributed by atoms with Crippen LogP contribution in [-0.2, 0) is 16.0 Å². The van der Waals surface area contributed by atoms with Crippen LogP contribution in [0.2, 0.25) is 0 Å². The molecule has 1 saturated carbocycles. The average molecular weight is 319 g/mol. The number of carbonyl (C=O) groups excluding carboxylic acids is 1. The minimum absolute atomic E-state index is 0.136. The summed E-state index contributed by atoms with van der Waals surface area (Å²) in [6, 6.07) is 7.88. The molecule has 0 aromatic heterocycles. The highest BCUT2D eigenvalue weighted by atomic mass is 16.5. The summed E-state index contributed by atoms with van der Waals surface area (Å²) in [4.78, 5) is 22.9. The number of aliphatic carboxylic acids is 1. The van der Waals surface area contributed by atoms with Gasteiger partial charge in [0.05, 0.1) is 18.4 Å². The van der Waals surface area contributed by atoms with Crippen molar-refractivity contribution >= 4 is 11.9 Å². The summed E-state index contributed by atoms with van der Waals surface area (Å²) < 4.78 is 5.61. The van der Waals surface area contributed by atoms with Crippen LogP contribution >= 0.6 is 0 Å². The van der Waals surface area contributed by atoms with E-state index >= 15 is 0 Å². The van der Waals surface area contributed by atoms with Gasteiger partial charge in [0.2, 0.25) is 5.91 Å². The van der Waals surface area contributed by atoms with E-state index in [0.29, 0.717) is 19.4 Å². The molecule has 0 bridgehead atoms. The number of amides is 1. The topological polar surface area (TPSA) is 75.6 Å². The van der Waals surface area contributed by atoms with Crippen molar-refractivity contribution in [2.75, 3.05) is 13.2 Å². The average Bonchev–Trinajstić information content (AvgIpc) is 2.47. The Bertz CT molecular complexity index is 526. The third-order valence-corrected chi connectivity index (χ3v) is 4.33. The molecule has 2 atom stereocenters. The van der Waals surface area contributed by atoms with E-state index in [9.17, 15) is 9.59 Å². The summed E-state index contributed by atoms with van der Waals surface area (Å²) in [5.74, 6) is -1.00. The van der Waals surface area contributed by atoms with Crippen LogP contribution in [0.3, 0.4) is 0 Å². The molecular weight excluding hydrogens is 294 g/mol. The minimum atomic E-state index is -0.866. The number of rotatable bonds is 9. The molecule has 1 aromatic rings. The second-order valence-electron chi connectivity index (χ2n) is 6.02. The Morgan fingerprint density at radius 2 is 1.91 bits per heavy atom. The highest BCUT2D eigenvalue weighted by Gasteiger charge is 2.41. The first-order chi connectivity index (χ1) is 11.1. The fourth-order valence-electron chi connectivity index (χ4n) is 2.66. The molecule has 126 valence electrons.